The fourth-order valence-electron chi connectivity index (χ4n) is 2.61. The van der Waals surface area contributed by atoms with Crippen molar-refractivity contribution in [3.63, 3.8) is 0 Å². The Morgan fingerprint density at radius 2 is 1.82 bits per heavy atom. The zero-order chi connectivity index (χ0) is 12.7. The number of carbonyl (C=O) groups is 1. The lowest BCUT2D eigenvalue weighted by atomic mass is 9.98. The second-order valence-corrected chi connectivity index (χ2v) is 5.71. The molecular formula is C14H27NO2. The number of aliphatic hydroxyl groups excluding tert-OH is 1. The van der Waals surface area contributed by atoms with E-state index >= 15 is 0 Å². The van der Waals surface area contributed by atoms with Crippen molar-refractivity contribution in [3.05, 3.63) is 0 Å². The van der Waals surface area contributed by atoms with Crippen molar-refractivity contribution in [1.82, 2.24) is 5.32 Å². The summed E-state index contributed by atoms with van der Waals surface area (Å²) in [5, 5.41) is 12.3. The molecule has 1 rings (SSSR count). The van der Waals surface area contributed by atoms with E-state index in [2.05, 4.69) is 19.2 Å². The van der Waals surface area contributed by atoms with Crippen LogP contribution in [0.3, 0.4) is 0 Å². The summed E-state index contributed by atoms with van der Waals surface area (Å²) in [5.41, 5.74) is 0. The molecule has 1 aliphatic rings. The third kappa shape index (κ3) is 5.53. The first-order valence-corrected chi connectivity index (χ1v) is 7.04. The van der Waals surface area contributed by atoms with Gasteiger partial charge in [0.15, 0.2) is 0 Å². The quantitative estimate of drug-likeness (QED) is 0.726. The summed E-state index contributed by atoms with van der Waals surface area (Å²) in [6.07, 6.45) is 7.77. The van der Waals surface area contributed by atoms with E-state index in [9.17, 15) is 9.90 Å². The summed E-state index contributed by atoms with van der Waals surface area (Å²) >= 11 is 0. The van der Waals surface area contributed by atoms with E-state index in [1.165, 1.54) is 25.7 Å². The molecule has 0 aromatic heterocycles. The molecule has 3 nitrogen and oxygen atoms in total. The minimum Gasteiger partial charge on any atom is -0.394 e. The molecule has 0 radical (unpaired) electrons. The van der Waals surface area contributed by atoms with Crippen molar-refractivity contribution in [2.24, 2.45) is 11.8 Å². The minimum absolute atomic E-state index is 0.0522. The second kappa shape index (κ2) is 7.70. The van der Waals surface area contributed by atoms with Crippen LogP contribution in [0.25, 0.3) is 0 Å². The van der Waals surface area contributed by atoms with Gasteiger partial charge in [0.1, 0.15) is 0 Å². The van der Waals surface area contributed by atoms with Crippen LogP contribution in [0, 0.1) is 11.8 Å². The van der Waals surface area contributed by atoms with E-state index in [1.54, 1.807) is 0 Å². The van der Waals surface area contributed by atoms with Crippen LogP contribution in [0.15, 0.2) is 0 Å². The van der Waals surface area contributed by atoms with Crippen molar-refractivity contribution in [3.8, 4) is 0 Å². The Morgan fingerprint density at radius 1 is 1.24 bits per heavy atom. The lowest BCUT2D eigenvalue weighted by Gasteiger charge is -2.21. The predicted molar refractivity (Wildman–Crippen MR) is 69.7 cm³/mol. The molecule has 3 heteroatoms. The van der Waals surface area contributed by atoms with Gasteiger partial charge in [0, 0.05) is 5.92 Å². The smallest absolute Gasteiger partial charge is 0.223 e. The topological polar surface area (TPSA) is 49.3 Å². The van der Waals surface area contributed by atoms with Gasteiger partial charge in [-0.3, -0.25) is 4.79 Å². The zero-order valence-electron chi connectivity index (χ0n) is 11.2. The maximum atomic E-state index is 12.1. The van der Waals surface area contributed by atoms with Crippen LogP contribution < -0.4 is 5.32 Å². The second-order valence-electron chi connectivity index (χ2n) is 5.71. The van der Waals surface area contributed by atoms with Crippen LogP contribution in [0.5, 0.6) is 0 Å². The Balaban J connectivity index is 2.39. The third-order valence-corrected chi connectivity index (χ3v) is 3.55. The van der Waals surface area contributed by atoms with Gasteiger partial charge < -0.3 is 10.4 Å². The minimum atomic E-state index is -0.0641. The van der Waals surface area contributed by atoms with E-state index in [-0.39, 0.29) is 24.5 Å². The van der Waals surface area contributed by atoms with Crippen molar-refractivity contribution in [2.75, 3.05) is 6.61 Å². The molecule has 1 amide bonds. The molecule has 0 saturated heterocycles. The molecule has 2 N–H and O–H groups in total. The Hall–Kier alpha value is -0.570. The van der Waals surface area contributed by atoms with Crippen molar-refractivity contribution in [1.29, 1.82) is 0 Å². The maximum Gasteiger partial charge on any atom is 0.223 e. The van der Waals surface area contributed by atoms with E-state index in [4.69, 9.17) is 0 Å². The summed E-state index contributed by atoms with van der Waals surface area (Å²) in [6.45, 7) is 4.28. The van der Waals surface area contributed by atoms with E-state index in [1.807, 2.05) is 0 Å². The van der Waals surface area contributed by atoms with Gasteiger partial charge in [0.25, 0.3) is 0 Å². The van der Waals surface area contributed by atoms with Crippen LogP contribution >= 0.6 is 0 Å². The Kier molecular flexibility index (Phi) is 6.56. The van der Waals surface area contributed by atoms with E-state index < -0.39 is 0 Å². The average Bonchev–Trinajstić information content (AvgIpc) is 2.55. The van der Waals surface area contributed by atoms with E-state index in [0.29, 0.717) is 5.92 Å². The summed E-state index contributed by atoms with van der Waals surface area (Å²) in [4.78, 5) is 12.1. The summed E-state index contributed by atoms with van der Waals surface area (Å²) < 4.78 is 0. The number of nitrogens with one attached hydrogen (secondary N) is 1. The van der Waals surface area contributed by atoms with Gasteiger partial charge >= 0.3 is 0 Å². The first-order chi connectivity index (χ1) is 8.13. The predicted octanol–water partition coefficient (Wildman–Crippen LogP) is 2.48. The fourth-order valence-corrected chi connectivity index (χ4v) is 2.61. The van der Waals surface area contributed by atoms with Gasteiger partial charge in [-0.1, -0.05) is 39.5 Å². The molecule has 1 fully saturated rings. The van der Waals surface area contributed by atoms with Gasteiger partial charge in [-0.25, -0.2) is 0 Å². The molecule has 100 valence electrons. The third-order valence-electron chi connectivity index (χ3n) is 3.55. The number of rotatable bonds is 5. The van der Waals surface area contributed by atoms with Crippen molar-refractivity contribution < 1.29 is 9.90 Å². The SMILES string of the molecule is CC(C)CC(CO)NC(=O)C1CCCCCC1. The lowest BCUT2D eigenvalue weighted by molar-refractivity contribution is -0.126. The van der Waals surface area contributed by atoms with Crippen LogP contribution in [-0.2, 0) is 4.79 Å². The highest BCUT2D eigenvalue weighted by Gasteiger charge is 2.22. The van der Waals surface area contributed by atoms with Gasteiger partial charge in [-0.2, -0.15) is 0 Å². The molecule has 1 atom stereocenters. The number of hydrogen-bond donors (Lipinski definition) is 2. The Morgan fingerprint density at radius 3 is 2.29 bits per heavy atom. The molecule has 0 aromatic rings. The monoisotopic (exact) mass is 241 g/mol. The molecule has 0 spiro atoms. The molecule has 0 bridgehead atoms. The maximum absolute atomic E-state index is 12.1. The first-order valence-electron chi connectivity index (χ1n) is 7.04. The summed E-state index contributed by atoms with van der Waals surface area (Å²) in [5.74, 6) is 0.840. The van der Waals surface area contributed by atoms with E-state index in [0.717, 1.165) is 19.3 Å². The molecule has 0 aliphatic heterocycles. The zero-order valence-corrected chi connectivity index (χ0v) is 11.2. The lowest BCUT2D eigenvalue weighted by Crippen LogP contribution is -2.41. The number of hydrogen-bond acceptors (Lipinski definition) is 2. The van der Waals surface area contributed by atoms with Crippen LogP contribution in [0.4, 0.5) is 0 Å². The average molecular weight is 241 g/mol. The first kappa shape index (κ1) is 14.5. The summed E-state index contributed by atoms with van der Waals surface area (Å²) in [6, 6.07) is -0.0641. The van der Waals surface area contributed by atoms with Crippen LogP contribution in [-0.4, -0.2) is 23.7 Å². The highest BCUT2D eigenvalue weighted by atomic mass is 16.3. The highest BCUT2D eigenvalue weighted by molar-refractivity contribution is 5.78. The normalized spacial score (nSPS) is 20.0. The molecule has 0 heterocycles. The fraction of sp³-hybridized carbons (Fsp3) is 0.929. The molecule has 1 saturated carbocycles. The Labute approximate surface area is 105 Å². The number of aliphatic hydroxyl groups is 1. The highest BCUT2D eigenvalue weighted by Crippen LogP contribution is 2.23. The van der Waals surface area contributed by atoms with Gasteiger partial charge in [-0.15, -0.1) is 0 Å². The Bertz CT molecular complexity index is 220. The van der Waals surface area contributed by atoms with Crippen LogP contribution in [0.1, 0.15) is 58.8 Å². The molecule has 1 unspecified atom stereocenters. The van der Waals surface area contributed by atoms with Gasteiger partial charge in [-0.05, 0) is 25.2 Å². The molecule has 17 heavy (non-hydrogen) atoms. The largest absolute Gasteiger partial charge is 0.394 e. The van der Waals surface area contributed by atoms with Gasteiger partial charge in [0.05, 0.1) is 12.6 Å². The number of carbonyl (C=O) groups excluding carboxylic acids is 1. The standard InChI is InChI=1S/C14H27NO2/c1-11(2)9-13(10-16)15-14(17)12-7-5-3-4-6-8-12/h11-13,16H,3-10H2,1-2H3,(H,15,17). The summed E-state index contributed by atoms with van der Waals surface area (Å²) in [7, 11) is 0. The van der Waals surface area contributed by atoms with Crippen molar-refractivity contribution in [2.45, 2.75) is 64.8 Å². The van der Waals surface area contributed by atoms with Crippen LogP contribution in [0.2, 0.25) is 0 Å². The molecular weight excluding hydrogens is 214 g/mol. The number of amides is 1. The molecule has 0 aromatic carbocycles. The van der Waals surface area contributed by atoms with Crippen molar-refractivity contribution >= 4 is 5.91 Å². The molecule has 1 aliphatic carbocycles. The van der Waals surface area contributed by atoms with Gasteiger partial charge in [0.2, 0.25) is 5.91 Å².